The van der Waals surface area contributed by atoms with Crippen LogP contribution in [0, 0.1) is 12.3 Å². The van der Waals surface area contributed by atoms with E-state index in [1.165, 1.54) is 29.7 Å². The Bertz CT molecular complexity index is 417. The van der Waals surface area contributed by atoms with Crippen LogP contribution in [0.5, 0.6) is 0 Å². The number of hydrogen-bond donors (Lipinski definition) is 2. The third-order valence-corrected chi connectivity index (χ3v) is 3.31. The molecule has 0 saturated heterocycles. The maximum atomic E-state index is 5.46. The molecule has 0 saturated carbocycles. The number of anilines is 1. The maximum Gasteiger partial charge on any atom is 0.0686 e. The lowest BCUT2D eigenvalue weighted by molar-refractivity contribution is 0.592. The van der Waals surface area contributed by atoms with E-state index in [2.05, 4.69) is 41.7 Å². The van der Waals surface area contributed by atoms with E-state index in [-0.39, 0.29) is 6.04 Å². The summed E-state index contributed by atoms with van der Waals surface area (Å²) in [7, 11) is 0. The number of terminal acetylenes is 1. The van der Waals surface area contributed by atoms with Crippen LogP contribution in [0.15, 0.2) is 18.2 Å². The van der Waals surface area contributed by atoms with Crippen molar-refractivity contribution in [1.82, 2.24) is 5.32 Å². The standard InChI is InChI=1S/C15H20N2/c1-3-14(4-2)17-11-13-8-5-7-12-9-6-10-16-15(12)13/h1,5,7-8,14,16-17H,4,6,9-11H2,2H3. The molecule has 2 N–H and O–H groups in total. The zero-order valence-electron chi connectivity index (χ0n) is 10.4. The summed E-state index contributed by atoms with van der Waals surface area (Å²) in [6.07, 6.45) is 8.84. The fourth-order valence-corrected chi connectivity index (χ4v) is 2.28. The Balaban J connectivity index is 2.08. The predicted molar refractivity (Wildman–Crippen MR) is 73.0 cm³/mol. The van der Waals surface area contributed by atoms with Gasteiger partial charge in [0.2, 0.25) is 0 Å². The monoisotopic (exact) mass is 228 g/mol. The highest BCUT2D eigenvalue weighted by atomic mass is 14.9. The Morgan fingerprint density at radius 1 is 1.53 bits per heavy atom. The molecule has 90 valence electrons. The largest absolute Gasteiger partial charge is 0.385 e. The molecular formula is C15H20N2. The lowest BCUT2D eigenvalue weighted by Gasteiger charge is -2.22. The van der Waals surface area contributed by atoms with Gasteiger partial charge in [-0.3, -0.25) is 5.32 Å². The topological polar surface area (TPSA) is 24.1 Å². The lowest BCUT2D eigenvalue weighted by atomic mass is 9.99. The molecule has 0 fully saturated rings. The average Bonchev–Trinajstić information content (AvgIpc) is 2.40. The van der Waals surface area contributed by atoms with Crippen molar-refractivity contribution in [2.75, 3.05) is 11.9 Å². The summed E-state index contributed by atoms with van der Waals surface area (Å²) in [5, 5.41) is 6.91. The highest BCUT2D eigenvalue weighted by Gasteiger charge is 2.12. The van der Waals surface area contributed by atoms with Crippen molar-refractivity contribution in [3.63, 3.8) is 0 Å². The molecule has 1 heterocycles. The number of hydrogen-bond acceptors (Lipinski definition) is 2. The molecule has 0 aromatic heterocycles. The number of fused-ring (bicyclic) bond motifs is 1. The first-order chi connectivity index (χ1) is 8.35. The highest BCUT2D eigenvalue weighted by molar-refractivity contribution is 5.59. The molecule has 17 heavy (non-hydrogen) atoms. The smallest absolute Gasteiger partial charge is 0.0686 e. The number of para-hydroxylation sites is 1. The Labute approximate surface area is 104 Å². The summed E-state index contributed by atoms with van der Waals surface area (Å²) < 4.78 is 0. The van der Waals surface area contributed by atoms with Gasteiger partial charge in [0.05, 0.1) is 6.04 Å². The van der Waals surface area contributed by atoms with Crippen LogP contribution in [-0.2, 0) is 13.0 Å². The first-order valence-electron chi connectivity index (χ1n) is 6.39. The molecule has 0 radical (unpaired) electrons. The van der Waals surface area contributed by atoms with Crippen LogP contribution in [0.2, 0.25) is 0 Å². The van der Waals surface area contributed by atoms with Crippen LogP contribution >= 0.6 is 0 Å². The molecule has 0 bridgehead atoms. The van der Waals surface area contributed by atoms with E-state index in [1.807, 2.05) is 0 Å². The van der Waals surface area contributed by atoms with Gasteiger partial charge in [-0.2, -0.15) is 0 Å². The van der Waals surface area contributed by atoms with Crippen LogP contribution in [0.3, 0.4) is 0 Å². The molecule has 1 aromatic rings. The second-order valence-corrected chi connectivity index (χ2v) is 4.49. The molecule has 1 aromatic carbocycles. The molecule has 0 amide bonds. The van der Waals surface area contributed by atoms with Crippen molar-refractivity contribution in [1.29, 1.82) is 0 Å². The Morgan fingerprint density at radius 2 is 2.41 bits per heavy atom. The number of aryl methyl sites for hydroxylation is 1. The summed E-state index contributed by atoms with van der Waals surface area (Å²) in [4.78, 5) is 0. The van der Waals surface area contributed by atoms with E-state index >= 15 is 0 Å². The van der Waals surface area contributed by atoms with Crippen LogP contribution in [-0.4, -0.2) is 12.6 Å². The van der Waals surface area contributed by atoms with Gasteiger partial charge in [0.1, 0.15) is 0 Å². The van der Waals surface area contributed by atoms with Gasteiger partial charge in [-0.1, -0.05) is 31.0 Å². The molecule has 2 nitrogen and oxygen atoms in total. The van der Waals surface area contributed by atoms with Crippen molar-refractivity contribution in [3.8, 4) is 12.3 Å². The third-order valence-electron chi connectivity index (χ3n) is 3.31. The van der Waals surface area contributed by atoms with Crippen molar-refractivity contribution in [2.24, 2.45) is 0 Å². The molecule has 0 spiro atoms. The van der Waals surface area contributed by atoms with Crippen molar-refractivity contribution >= 4 is 5.69 Å². The van der Waals surface area contributed by atoms with Gasteiger partial charge in [-0.25, -0.2) is 0 Å². The molecular weight excluding hydrogens is 208 g/mol. The fourth-order valence-electron chi connectivity index (χ4n) is 2.28. The van der Waals surface area contributed by atoms with Crippen LogP contribution in [0.25, 0.3) is 0 Å². The van der Waals surface area contributed by atoms with Gasteiger partial charge in [-0.15, -0.1) is 6.42 Å². The first kappa shape index (κ1) is 12.0. The van der Waals surface area contributed by atoms with Crippen LogP contribution < -0.4 is 10.6 Å². The quantitative estimate of drug-likeness (QED) is 0.774. The van der Waals surface area contributed by atoms with E-state index in [4.69, 9.17) is 6.42 Å². The molecule has 1 atom stereocenters. The Hall–Kier alpha value is -1.46. The summed E-state index contributed by atoms with van der Waals surface area (Å²) in [6.45, 7) is 4.03. The molecule has 1 unspecified atom stereocenters. The maximum absolute atomic E-state index is 5.46. The Morgan fingerprint density at radius 3 is 3.18 bits per heavy atom. The van der Waals surface area contributed by atoms with E-state index in [9.17, 15) is 0 Å². The number of nitrogens with one attached hydrogen (secondary N) is 2. The van der Waals surface area contributed by atoms with Gasteiger partial charge in [0.25, 0.3) is 0 Å². The second-order valence-electron chi connectivity index (χ2n) is 4.49. The van der Waals surface area contributed by atoms with Crippen molar-refractivity contribution in [2.45, 2.75) is 38.8 Å². The molecule has 0 aliphatic carbocycles. The second kappa shape index (κ2) is 5.75. The minimum absolute atomic E-state index is 0.175. The van der Waals surface area contributed by atoms with Gasteiger partial charge >= 0.3 is 0 Å². The molecule has 1 aliphatic rings. The number of rotatable bonds is 4. The fraction of sp³-hybridized carbons (Fsp3) is 0.467. The summed E-state index contributed by atoms with van der Waals surface area (Å²) >= 11 is 0. The van der Waals surface area contributed by atoms with Gasteiger partial charge < -0.3 is 5.32 Å². The van der Waals surface area contributed by atoms with Gasteiger partial charge in [-0.05, 0) is 30.4 Å². The van der Waals surface area contributed by atoms with E-state index < -0.39 is 0 Å². The summed E-state index contributed by atoms with van der Waals surface area (Å²) in [5.41, 5.74) is 4.08. The SMILES string of the molecule is C#CC(CC)NCc1cccc2c1NCCC2. The van der Waals surface area contributed by atoms with E-state index in [0.29, 0.717) is 0 Å². The normalized spacial score (nSPS) is 15.5. The van der Waals surface area contributed by atoms with Crippen molar-refractivity contribution in [3.05, 3.63) is 29.3 Å². The molecule has 2 rings (SSSR count). The molecule has 1 aliphatic heterocycles. The van der Waals surface area contributed by atoms with Crippen LogP contribution in [0.4, 0.5) is 5.69 Å². The average molecular weight is 228 g/mol. The number of benzene rings is 1. The zero-order valence-corrected chi connectivity index (χ0v) is 10.4. The highest BCUT2D eigenvalue weighted by Crippen LogP contribution is 2.25. The molecule has 2 heteroatoms. The first-order valence-corrected chi connectivity index (χ1v) is 6.39. The zero-order chi connectivity index (χ0) is 12.1. The minimum atomic E-state index is 0.175. The lowest BCUT2D eigenvalue weighted by Crippen LogP contribution is -2.27. The summed E-state index contributed by atoms with van der Waals surface area (Å²) in [6, 6.07) is 6.70. The Kier molecular flexibility index (Phi) is 4.06. The van der Waals surface area contributed by atoms with E-state index in [0.717, 1.165) is 19.5 Å². The van der Waals surface area contributed by atoms with Gasteiger partial charge in [0, 0.05) is 18.8 Å². The predicted octanol–water partition coefficient (Wildman–Crippen LogP) is 2.55. The van der Waals surface area contributed by atoms with E-state index in [1.54, 1.807) is 0 Å². The van der Waals surface area contributed by atoms with Crippen LogP contribution in [0.1, 0.15) is 30.9 Å². The minimum Gasteiger partial charge on any atom is -0.385 e. The van der Waals surface area contributed by atoms with Crippen molar-refractivity contribution < 1.29 is 0 Å². The summed E-state index contributed by atoms with van der Waals surface area (Å²) in [5.74, 6) is 2.77. The van der Waals surface area contributed by atoms with Gasteiger partial charge in [0.15, 0.2) is 0 Å². The third kappa shape index (κ3) is 2.81.